The molecule has 0 saturated carbocycles. The molecule has 4 heteroatoms. The van der Waals surface area contributed by atoms with Gasteiger partial charge in [-0.25, -0.2) is 0 Å². The van der Waals surface area contributed by atoms with Gasteiger partial charge in [-0.2, -0.15) is 0 Å². The highest BCUT2D eigenvalue weighted by Gasteiger charge is 2.15. The molecule has 2 N–H and O–H groups in total. The van der Waals surface area contributed by atoms with Crippen LogP contribution in [0.2, 0.25) is 0 Å². The molecule has 0 bridgehead atoms. The van der Waals surface area contributed by atoms with Crippen LogP contribution < -0.4 is 4.74 Å². The highest BCUT2D eigenvalue weighted by Crippen LogP contribution is 2.30. The van der Waals surface area contributed by atoms with Crippen molar-refractivity contribution in [3.63, 3.8) is 0 Å². The van der Waals surface area contributed by atoms with Crippen LogP contribution in [-0.2, 0) is 4.79 Å². The molecule has 94 valence electrons. The predicted molar refractivity (Wildman–Crippen MR) is 64.3 cm³/mol. The van der Waals surface area contributed by atoms with E-state index in [-0.39, 0.29) is 12.3 Å². The number of ether oxygens (including phenoxy) is 1. The van der Waals surface area contributed by atoms with Gasteiger partial charge in [0.25, 0.3) is 0 Å². The minimum Gasteiger partial charge on any atom is -0.496 e. The molecule has 17 heavy (non-hydrogen) atoms. The standard InChI is InChI=1S/C13H18O4/c1-8(2)10-6-9(4-5-12(10)17-3)11(14)7-13(15)16/h4-6,8,11,14H,7H2,1-3H3,(H,15,16). The second kappa shape index (κ2) is 5.68. The van der Waals surface area contributed by atoms with Crippen LogP contribution in [-0.4, -0.2) is 23.3 Å². The molecule has 0 spiro atoms. The first-order valence-electron chi connectivity index (χ1n) is 5.53. The van der Waals surface area contributed by atoms with Crippen molar-refractivity contribution in [2.45, 2.75) is 32.3 Å². The van der Waals surface area contributed by atoms with Gasteiger partial charge in [0.05, 0.1) is 19.6 Å². The summed E-state index contributed by atoms with van der Waals surface area (Å²) in [7, 11) is 1.59. The van der Waals surface area contributed by atoms with Crippen molar-refractivity contribution < 1.29 is 19.7 Å². The molecule has 0 aliphatic heterocycles. The molecular formula is C13H18O4. The lowest BCUT2D eigenvalue weighted by molar-refractivity contribution is -0.139. The van der Waals surface area contributed by atoms with Crippen LogP contribution in [0.25, 0.3) is 0 Å². The van der Waals surface area contributed by atoms with Gasteiger partial charge >= 0.3 is 5.97 Å². The minimum absolute atomic E-state index is 0.252. The molecular weight excluding hydrogens is 220 g/mol. The van der Waals surface area contributed by atoms with E-state index in [1.807, 2.05) is 13.8 Å². The van der Waals surface area contributed by atoms with Crippen LogP contribution in [0, 0.1) is 0 Å². The zero-order chi connectivity index (χ0) is 13.0. The van der Waals surface area contributed by atoms with Crippen LogP contribution in [0.1, 0.15) is 43.4 Å². The zero-order valence-electron chi connectivity index (χ0n) is 10.3. The van der Waals surface area contributed by atoms with Gasteiger partial charge in [0.15, 0.2) is 0 Å². The number of methoxy groups -OCH3 is 1. The Balaban J connectivity index is 3.03. The monoisotopic (exact) mass is 238 g/mol. The summed E-state index contributed by atoms with van der Waals surface area (Å²) < 4.78 is 5.22. The number of carboxylic acid groups (broad SMARTS) is 1. The zero-order valence-corrected chi connectivity index (χ0v) is 10.3. The third-order valence-electron chi connectivity index (χ3n) is 2.63. The molecule has 1 aromatic rings. The first-order chi connectivity index (χ1) is 7.95. The van der Waals surface area contributed by atoms with Crippen LogP contribution in [0.5, 0.6) is 5.75 Å². The lowest BCUT2D eigenvalue weighted by atomic mass is 9.96. The Bertz CT molecular complexity index is 398. The Kier molecular flexibility index (Phi) is 4.52. The lowest BCUT2D eigenvalue weighted by Crippen LogP contribution is -2.06. The fraction of sp³-hybridized carbons (Fsp3) is 0.462. The molecule has 0 saturated heterocycles. The number of hydrogen-bond acceptors (Lipinski definition) is 3. The Labute approximate surface area is 101 Å². The first-order valence-corrected chi connectivity index (χ1v) is 5.53. The maximum atomic E-state index is 10.5. The summed E-state index contributed by atoms with van der Waals surface area (Å²) in [6.07, 6.45) is -1.26. The average molecular weight is 238 g/mol. The normalized spacial score (nSPS) is 12.5. The topological polar surface area (TPSA) is 66.8 Å². The van der Waals surface area contributed by atoms with E-state index in [9.17, 15) is 9.90 Å². The molecule has 0 fully saturated rings. The molecule has 1 rings (SSSR count). The smallest absolute Gasteiger partial charge is 0.306 e. The number of carbonyl (C=O) groups is 1. The summed E-state index contributed by atoms with van der Waals surface area (Å²) in [6.45, 7) is 4.04. The number of benzene rings is 1. The minimum atomic E-state index is -1.01. The highest BCUT2D eigenvalue weighted by molar-refractivity contribution is 5.67. The fourth-order valence-corrected chi connectivity index (χ4v) is 1.69. The van der Waals surface area contributed by atoms with Gasteiger partial charge < -0.3 is 14.9 Å². The van der Waals surface area contributed by atoms with E-state index in [1.165, 1.54) is 0 Å². The molecule has 1 unspecified atom stereocenters. The van der Waals surface area contributed by atoms with Crippen molar-refractivity contribution in [1.29, 1.82) is 0 Å². The summed E-state index contributed by atoms with van der Waals surface area (Å²) >= 11 is 0. The van der Waals surface area contributed by atoms with Gasteiger partial charge in [-0.3, -0.25) is 4.79 Å². The van der Waals surface area contributed by atoms with E-state index in [2.05, 4.69) is 0 Å². The number of aliphatic hydroxyl groups excluding tert-OH is 1. The third kappa shape index (κ3) is 3.46. The summed E-state index contributed by atoms with van der Waals surface area (Å²) in [6, 6.07) is 5.26. The van der Waals surface area contributed by atoms with E-state index >= 15 is 0 Å². The van der Waals surface area contributed by atoms with Crippen molar-refractivity contribution in [1.82, 2.24) is 0 Å². The van der Waals surface area contributed by atoms with Crippen LogP contribution >= 0.6 is 0 Å². The van der Waals surface area contributed by atoms with Crippen LogP contribution in [0.3, 0.4) is 0 Å². The summed E-state index contributed by atoms with van der Waals surface area (Å²) in [5.74, 6) is -0.00684. The van der Waals surface area contributed by atoms with Crippen molar-refractivity contribution in [3.05, 3.63) is 29.3 Å². The molecule has 0 aliphatic carbocycles. The molecule has 0 aliphatic rings. The second-order valence-corrected chi connectivity index (χ2v) is 4.27. The van der Waals surface area contributed by atoms with Gasteiger partial charge in [-0.05, 0) is 29.2 Å². The van der Waals surface area contributed by atoms with Crippen molar-refractivity contribution >= 4 is 5.97 Å². The van der Waals surface area contributed by atoms with Crippen LogP contribution in [0.4, 0.5) is 0 Å². The SMILES string of the molecule is COc1ccc(C(O)CC(=O)O)cc1C(C)C. The number of aliphatic carboxylic acids is 1. The fourth-order valence-electron chi connectivity index (χ4n) is 1.69. The Morgan fingerprint density at radius 2 is 2.06 bits per heavy atom. The number of aliphatic hydroxyl groups is 1. The molecule has 0 amide bonds. The van der Waals surface area contributed by atoms with Crippen molar-refractivity contribution in [2.75, 3.05) is 7.11 Å². The molecule has 0 radical (unpaired) electrons. The molecule has 4 nitrogen and oxygen atoms in total. The summed E-state index contributed by atoms with van der Waals surface area (Å²) in [5, 5.41) is 18.4. The van der Waals surface area contributed by atoms with E-state index in [1.54, 1.807) is 25.3 Å². The first kappa shape index (κ1) is 13.5. The van der Waals surface area contributed by atoms with Crippen molar-refractivity contribution in [3.8, 4) is 5.75 Å². The lowest BCUT2D eigenvalue weighted by Gasteiger charge is -2.15. The van der Waals surface area contributed by atoms with E-state index in [0.29, 0.717) is 5.56 Å². The van der Waals surface area contributed by atoms with E-state index < -0.39 is 12.1 Å². The van der Waals surface area contributed by atoms with Crippen molar-refractivity contribution in [2.24, 2.45) is 0 Å². The summed E-state index contributed by atoms with van der Waals surface area (Å²) in [4.78, 5) is 10.5. The third-order valence-corrected chi connectivity index (χ3v) is 2.63. The van der Waals surface area contributed by atoms with Gasteiger partial charge in [0.2, 0.25) is 0 Å². The maximum absolute atomic E-state index is 10.5. The highest BCUT2D eigenvalue weighted by atomic mass is 16.5. The number of hydrogen-bond donors (Lipinski definition) is 2. The largest absolute Gasteiger partial charge is 0.496 e. The molecule has 0 aromatic heterocycles. The maximum Gasteiger partial charge on any atom is 0.306 e. The number of rotatable bonds is 5. The second-order valence-electron chi connectivity index (χ2n) is 4.27. The number of carboxylic acids is 1. The van der Waals surface area contributed by atoms with E-state index in [4.69, 9.17) is 9.84 Å². The van der Waals surface area contributed by atoms with Crippen LogP contribution in [0.15, 0.2) is 18.2 Å². The molecule has 1 aromatic carbocycles. The molecule has 0 heterocycles. The van der Waals surface area contributed by atoms with Gasteiger partial charge in [-0.1, -0.05) is 19.9 Å². The van der Waals surface area contributed by atoms with Gasteiger partial charge in [0.1, 0.15) is 5.75 Å². The average Bonchev–Trinajstić information content (AvgIpc) is 2.27. The summed E-state index contributed by atoms with van der Waals surface area (Å²) in [5.41, 5.74) is 1.58. The quantitative estimate of drug-likeness (QED) is 0.826. The Morgan fingerprint density at radius 3 is 2.53 bits per heavy atom. The van der Waals surface area contributed by atoms with E-state index in [0.717, 1.165) is 11.3 Å². The Morgan fingerprint density at radius 1 is 1.41 bits per heavy atom. The molecule has 1 atom stereocenters. The van der Waals surface area contributed by atoms with Gasteiger partial charge in [0, 0.05) is 0 Å². The Hall–Kier alpha value is -1.55. The predicted octanol–water partition coefficient (Wildman–Crippen LogP) is 2.33. The van der Waals surface area contributed by atoms with Gasteiger partial charge in [-0.15, -0.1) is 0 Å².